The van der Waals surface area contributed by atoms with Gasteiger partial charge in [0.25, 0.3) is 0 Å². The van der Waals surface area contributed by atoms with Gasteiger partial charge in [-0.25, -0.2) is 0 Å². The molecule has 1 aliphatic rings. The van der Waals surface area contributed by atoms with E-state index < -0.39 is 0 Å². The van der Waals surface area contributed by atoms with Gasteiger partial charge in [0.15, 0.2) is 5.75 Å². The number of hydrogen-bond acceptors (Lipinski definition) is 5. The van der Waals surface area contributed by atoms with Gasteiger partial charge in [0.1, 0.15) is 35.6 Å². The number of nitrogens with zero attached hydrogens (tertiary/aromatic N) is 4. The molecular formula is C17H6N4O. The van der Waals surface area contributed by atoms with Crippen molar-refractivity contribution < 1.29 is 4.74 Å². The van der Waals surface area contributed by atoms with E-state index in [4.69, 9.17) is 4.74 Å². The molecule has 0 aliphatic carbocycles. The Labute approximate surface area is 126 Å². The first-order chi connectivity index (χ1) is 10.7. The highest BCUT2D eigenvalue weighted by Gasteiger charge is 2.29. The Morgan fingerprint density at radius 2 is 1.36 bits per heavy atom. The van der Waals surface area contributed by atoms with Gasteiger partial charge in [0.2, 0.25) is 0 Å². The Bertz CT molecular complexity index is 898. The van der Waals surface area contributed by atoms with Crippen molar-refractivity contribution in [2.24, 2.45) is 0 Å². The van der Waals surface area contributed by atoms with Gasteiger partial charge in [0, 0.05) is 12.0 Å². The minimum Gasteiger partial charge on any atom is -0.455 e. The van der Waals surface area contributed by atoms with Crippen molar-refractivity contribution in [3.8, 4) is 35.8 Å². The van der Waals surface area contributed by atoms with E-state index in [9.17, 15) is 21.0 Å². The highest BCUT2D eigenvalue weighted by atomic mass is 16.5. The van der Waals surface area contributed by atoms with Gasteiger partial charge < -0.3 is 4.74 Å². The number of nitriles is 4. The molecule has 0 amide bonds. The van der Waals surface area contributed by atoms with Crippen molar-refractivity contribution in [3.05, 3.63) is 57.6 Å². The van der Waals surface area contributed by atoms with Crippen molar-refractivity contribution in [1.29, 1.82) is 21.0 Å². The lowest BCUT2D eigenvalue weighted by atomic mass is 9.87. The molecule has 2 aromatic carbocycles. The molecule has 0 unspecified atom stereocenters. The van der Waals surface area contributed by atoms with E-state index in [-0.39, 0.29) is 28.0 Å². The van der Waals surface area contributed by atoms with Crippen LogP contribution in [0.1, 0.15) is 33.4 Å². The van der Waals surface area contributed by atoms with Crippen LogP contribution in [0.5, 0.6) is 11.5 Å². The van der Waals surface area contributed by atoms with Crippen LogP contribution in [0.15, 0.2) is 24.3 Å². The van der Waals surface area contributed by atoms with Crippen molar-refractivity contribution in [2.45, 2.75) is 6.42 Å². The summed E-state index contributed by atoms with van der Waals surface area (Å²) < 4.78 is 5.75. The van der Waals surface area contributed by atoms with E-state index >= 15 is 0 Å². The zero-order chi connectivity index (χ0) is 15.7. The summed E-state index contributed by atoms with van der Waals surface area (Å²) in [7, 11) is 0. The van der Waals surface area contributed by atoms with Crippen molar-refractivity contribution >= 4 is 0 Å². The maximum atomic E-state index is 9.39. The van der Waals surface area contributed by atoms with Crippen LogP contribution >= 0.6 is 0 Å². The van der Waals surface area contributed by atoms with Crippen molar-refractivity contribution in [3.63, 3.8) is 0 Å². The third-order valence-electron chi connectivity index (χ3n) is 3.55. The Morgan fingerprint density at radius 1 is 0.773 bits per heavy atom. The fourth-order valence-corrected chi connectivity index (χ4v) is 2.56. The second-order valence-corrected chi connectivity index (χ2v) is 4.64. The number of para-hydroxylation sites is 1. The van der Waals surface area contributed by atoms with E-state index in [1.807, 2.05) is 36.4 Å². The molecule has 1 aliphatic heterocycles. The summed E-state index contributed by atoms with van der Waals surface area (Å²) in [6.45, 7) is 0. The summed E-state index contributed by atoms with van der Waals surface area (Å²) >= 11 is 0. The third kappa shape index (κ3) is 1.68. The van der Waals surface area contributed by atoms with Crippen LogP contribution in [-0.2, 0) is 6.42 Å². The maximum absolute atomic E-state index is 9.39. The summed E-state index contributed by atoms with van der Waals surface area (Å²) in [5.41, 5.74) is 1.27. The van der Waals surface area contributed by atoms with Crippen LogP contribution in [-0.4, -0.2) is 0 Å². The lowest BCUT2D eigenvalue weighted by Gasteiger charge is -2.23. The third-order valence-corrected chi connectivity index (χ3v) is 3.55. The molecule has 22 heavy (non-hydrogen) atoms. The van der Waals surface area contributed by atoms with E-state index in [2.05, 4.69) is 0 Å². The largest absolute Gasteiger partial charge is 0.455 e. The molecule has 0 fully saturated rings. The molecule has 0 atom stereocenters. The molecule has 100 valence electrons. The fourth-order valence-electron chi connectivity index (χ4n) is 2.56. The molecule has 3 rings (SSSR count). The van der Waals surface area contributed by atoms with Crippen molar-refractivity contribution in [2.75, 3.05) is 0 Å². The van der Waals surface area contributed by atoms with Crippen LogP contribution in [0.4, 0.5) is 0 Å². The van der Waals surface area contributed by atoms with Gasteiger partial charge in [-0.2, -0.15) is 21.0 Å². The normalized spacial score (nSPS) is 10.7. The molecule has 1 heterocycles. The number of fused-ring (bicyclic) bond motifs is 2. The fraction of sp³-hybridized carbons (Fsp3) is 0.0588. The molecular weight excluding hydrogens is 276 g/mol. The van der Waals surface area contributed by atoms with Crippen molar-refractivity contribution in [1.82, 2.24) is 0 Å². The van der Waals surface area contributed by atoms with E-state index in [1.165, 1.54) is 0 Å². The van der Waals surface area contributed by atoms with Gasteiger partial charge in [-0.1, -0.05) is 18.2 Å². The molecule has 5 heteroatoms. The van der Waals surface area contributed by atoms with Gasteiger partial charge in [0.05, 0.1) is 16.7 Å². The first-order valence-corrected chi connectivity index (χ1v) is 6.34. The Hall–Kier alpha value is -3.80. The second kappa shape index (κ2) is 4.95. The van der Waals surface area contributed by atoms with E-state index in [1.54, 1.807) is 12.1 Å². The van der Waals surface area contributed by atoms with Gasteiger partial charge >= 0.3 is 0 Å². The summed E-state index contributed by atoms with van der Waals surface area (Å²) in [6, 6.07) is 14.9. The van der Waals surface area contributed by atoms with E-state index in [0.717, 1.165) is 5.56 Å². The van der Waals surface area contributed by atoms with Crippen LogP contribution in [0.25, 0.3) is 0 Å². The quantitative estimate of drug-likeness (QED) is 0.630. The number of benzene rings is 2. The molecule has 0 radical (unpaired) electrons. The zero-order valence-corrected chi connectivity index (χ0v) is 11.2. The molecule has 0 bridgehead atoms. The average molecular weight is 282 g/mol. The highest BCUT2D eigenvalue weighted by Crippen LogP contribution is 2.42. The molecule has 0 aromatic heterocycles. The minimum absolute atomic E-state index is 0.00236. The van der Waals surface area contributed by atoms with Gasteiger partial charge in [-0.3, -0.25) is 0 Å². The zero-order valence-electron chi connectivity index (χ0n) is 11.2. The molecule has 0 N–H and O–H groups in total. The smallest absolute Gasteiger partial charge is 0.151 e. The first kappa shape index (κ1) is 13.2. The van der Waals surface area contributed by atoms with E-state index in [0.29, 0.717) is 17.7 Å². The Balaban J connectivity index is 2.41. The Kier molecular flexibility index (Phi) is 2.97. The number of rotatable bonds is 0. The lowest BCUT2D eigenvalue weighted by molar-refractivity contribution is 0.458. The van der Waals surface area contributed by atoms with Crippen LogP contribution in [0.3, 0.4) is 0 Å². The van der Waals surface area contributed by atoms with Crippen LogP contribution in [0, 0.1) is 45.3 Å². The Morgan fingerprint density at radius 3 is 2.00 bits per heavy atom. The summed E-state index contributed by atoms with van der Waals surface area (Å²) in [6.07, 6.45) is 0.378. The number of hydrogen-bond donors (Lipinski definition) is 0. The SMILES string of the molecule is N#Cc1c(C#N)c(C#N)c2c(c1C#N)Cc1ccccc1O2. The minimum atomic E-state index is -0.111. The maximum Gasteiger partial charge on any atom is 0.151 e. The predicted octanol–water partition coefficient (Wildman–Crippen LogP) is 2.87. The topological polar surface area (TPSA) is 104 Å². The molecule has 0 saturated carbocycles. The summed E-state index contributed by atoms with van der Waals surface area (Å²) in [5.74, 6) is 0.789. The first-order valence-electron chi connectivity index (χ1n) is 6.34. The predicted molar refractivity (Wildman–Crippen MR) is 74.6 cm³/mol. The average Bonchev–Trinajstić information content (AvgIpc) is 2.57. The highest BCUT2D eigenvalue weighted by molar-refractivity contribution is 5.72. The molecule has 0 spiro atoms. The van der Waals surface area contributed by atoms with Gasteiger partial charge in [-0.05, 0) is 11.6 Å². The molecule has 0 saturated heterocycles. The van der Waals surface area contributed by atoms with Crippen LogP contribution in [0.2, 0.25) is 0 Å². The van der Waals surface area contributed by atoms with Crippen LogP contribution < -0.4 is 4.74 Å². The summed E-state index contributed by atoms with van der Waals surface area (Å²) in [4.78, 5) is 0. The van der Waals surface area contributed by atoms with Gasteiger partial charge in [-0.15, -0.1) is 0 Å². The lowest BCUT2D eigenvalue weighted by Crippen LogP contribution is -2.10. The standard InChI is InChI=1S/C17H6N4O/c18-6-12-11-5-10-3-1-2-4-16(10)22-17(11)15(9-21)14(8-20)13(12)7-19/h1-4H,5H2. The molecule has 2 aromatic rings. The second-order valence-electron chi connectivity index (χ2n) is 4.64. The summed E-state index contributed by atoms with van der Waals surface area (Å²) in [5, 5.41) is 37.3. The monoisotopic (exact) mass is 282 g/mol. The molecule has 5 nitrogen and oxygen atoms in total. The number of ether oxygens (including phenoxy) is 1.